The predicted octanol–water partition coefficient (Wildman–Crippen LogP) is 2.33. The van der Waals surface area contributed by atoms with E-state index in [1.807, 2.05) is 36.4 Å². The molecule has 1 aliphatic heterocycles. The highest BCUT2D eigenvalue weighted by molar-refractivity contribution is 14.0. The number of halogens is 2. The largest absolute Gasteiger partial charge is 0.369 e. The van der Waals surface area contributed by atoms with Gasteiger partial charge in [0.1, 0.15) is 5.82 Å². The molecule has 1 fully saturated rings. The van der Waals surface area contributed by atoms with Crippen LogP contribution in [-0.4, -0.2) is 76.7 Å². The molecule has 0 atom stereocenters. The summed E-state index contributed by atoms with van der Waals surface area (Å²) < 4.78 is 13.1. The Morgan fingerprint density at radius 3 is 2.39 bits per heavy atom. The number of carbonyl (C=O) groups excluding carboxylic acids is 1. The quantitative estimate of drug-likeness (QED) is 0.259. The standard InChI is InChI=1S/C24H33FN6O.HI/c1-26-23(32)20-5-3-4-19(18-20)10-11-28-24(27-2)29-12-13-30-14-16-31(17-15-30)22-8-6-21(25)7-9-22;/h3-9,18H,10-17H2,1-2H3,(H,26,32)(H2,27,28,29);1H. The van der Waals surface area contributed by atoms with Crippen molar-refractivity contribution in [3.8, 4) is 0 Å². The van der Waals surface area contributed by atoms with Crippen LogP contribution in [0.1, 0.15) is 15.9 Å². The average molecular weight is 568 g/mol. The Morgan fingerprint density at radius 1 is 1.03 bits per heavy atom. The fourth-order valence-electron chi connectivity index (χ4n) is 3.77. The Labute approximate surface area is 212 Å². The maximum Gasteiger partial charge on any atom is 0.251 e. The molecule has 0 saturated carbocycles. The summed E-state index contributed by atoms with van der Waals surface area (Å²) in [5.74, 6) is 0.506. The second kappa shape index (κ2) is 14.0. The number of nitrogens with one attached hydrogen (secondary N) is 3. The van der Waals surface area contributed by atoms with E-state index in [-0.39, 0.29) is 35.7 Å². The van der Waals surface area contributed by atoms with E-state index in [1.165, 1.54) is 12.1 Å². The number of nitrogens with zero attached hydrogens (tertiary/aromatic N) is 3. The van der Waals surface area contributed by atoms with Crippen LogP contribution < -0.4 is 20.9 Å². The molecule has 1 aliphatic rings. The van der Waals surface area contributed by atoms with E-state index in [4.69, 9.17) is 0 Å². The number of aliphatic imine (C=N–C) groups is 1. The number of rotatable bonds is 8. The number of benzene rings is 2. The molecule has 1 amide bonds. The van der Waals surface area contributed by atoms with Crippen LogP contribution in [0, 0.1) is 5.82 Å². The predicted molar refractivity (Wildman–Crippen MR) is 143 cm³/mol. The lowest BCUT2D eigenvalue weighted by atomic mass is 10.1. The highest BCUT2D eigenvalue weighted by Gasteiger charge is 2.17. The second-order valence-electron chi connectivity index (χ2n) is 7.76. The molecule has 1 heterocycles. The van der Waals surface area contributed by atoms with Crippen molar-refractivity contribution in [3.63, 3.8) is 0 Å². The average Bonchev–Trinajstić information content (AvgIpc) is 2.83. The molecule has 3 rings (SSSR count). The van der Waals surface area contributed by atoms with Gasteiger partial charge in [0.2, 0.25) is 0 Å². The van der Waals surface area contributed by atoms with E-state index in [0.717, 1.165) is 69.4 Å². The van der Waals surface area contributed by atoms with Crippen LogP contribution in [0.25, 0.3) is 0 Å². The monoisotopic (exact) mass is 568 g/mol. The van der Waals surface area contributed by atoms with Gasteiger partial charge in [0.05, 0.1) is 0 Å². The van der Waals surface area contributed by atoms with Crippen LogP contribution in [0.3, 0.4) is 0 Å². The van der Waals surface area contributed by atoms with Crippen LogP contribution >= 0.6 is 24.0 Å². The van der Waals surface area contributed by atoms with Gasteiger partial charge < -0.3 is 20.9 Å². The Bertz CT molecular complexity index is 900. The van der Waals surface area contributed by atoms with E-state index in [2.05, 4.69) is 30.7 Å². The van der Waals surface area contributed by atoms with Crippen LogP contribution in [0.15, 0.2) is 53.5 Å². The third-order valence-electron chi connectivity index (χ3n) is 5.63. The molecule has 0 spiro atoms. The number of amides is 1. The number of hydrogen-bond donors (Lipinski definition) is 3. The highest BCUT2D eigenvalue weighted by atomic mass is 127. The molecular weight excluding hydrogens is 534 g/mol. The molecule has 0 aromatic heterocycles. The van der Waals surface area contributed by atoms with Crippen molar-refractivity contribution in [2.75, 3.05) is 64.8 Å². The van der Waals surface area contributed by atoms with E-state index in [1.54, 1.807) is 14.1 Å². The Kier molecular flexibility index (Phi) is 11.4. The highest BCUT2D eigenvalue weighted by Crippen LogP contribution is 2.16. The summed E-state index contributed by atoms with van der Waals surface area (Å²) in [4.78, 5) is 20.8. The first-order chi connectivity index (χ1) is 15.6. The number of guanidine groups is 1. The first kappa shape index (κ1) is 26.8. The number of anilines is 1. The molecule has 2 aromatic carbocycles. The van der Waals surface area contributed by atoms with Gasteiger partial charge in [0.15, 0.2) is 5.96 Å². The SMILES string of the molecule is CN=C(NCCc1cccc(C(=O)NC)c1)NCCN1CCN(c2ccc(F)cc2)CC1.I. The van der Waals surface area contributed by atoms with E-state index >= 15 is 0 Å². The van der Waals surface area contributed by atoms with Gasteiger partial charge in [-0.2, -0.15) is 0 Å². The van der Waals surface area contributed by atoms with Crippen molar-refractivity contribution in [1.29, 1.82) is 0 Å². The Hall–Kier alpha value is -2.40. The summed E-state index contributed by atoms with van der Waals surface area (Å²) in [6.07, 6.45) is 0.802. The lowest BCUT2D eigenvalue weighted by molar-refractivity contribution is 0.0963. The van der Waals surface area contributed by atoms with Gasteiger partial charge in [-0.05, 0) is 48.4 Å². The third-order valence-corrected chi connectivity index (χ3v) is 5.63. The Balaban J connectivity index is 0.00000385. The van der Waals surface area contributed by atoms with E-state index in [0.29, 0.717) is 5.56 Å². The molecule has 0 unspecified atom stereocenters. The number of piperazine rings is 1. The molecule has 0 bridgehead atoms. The van der Waals surface area contributed by atoms with Crippen molar-refractivity contribution >= 4 is 41.5 Å². The van der Waals surface area contributed by atoms with Gasteiger partial charge >= 0.3 is 0 Å². The summed E-state index contributed by atoms with van der Waals surface area (Å²) >= 11 is 0. The molecule has 7 nitrogen and oxygen atoms in total. The van der Waals surface area contributed by atoms with Gasteiger partial charge in [-0.25, -0.2) is 4.39 Å². The fourth-order valence-corrected chi connectivity index (χ4v) is 3.77. The van der Waals surface area contributed by atoms with Crippen molar-refractivity contribution in [2.24, 2.45) is 4.99 Å². The van der Waals surface area contributed by atoms with Crippen LogP contribution in [0.4, 0.5) is 10.1 Å². The van der Waals surface area contributed by atoms with Gasteiger partial charge in [-0.1, -0.05) is 12.1 Å². The lowest BCUT2D eigenvalue weighted by Gasteiger charge is -2.36. The van der Waals surface area contributed by atoms with Crippen LogP contribution in [0.2, 0.25) is 0 Å². The van der Waals surface area contributed by atoms with E-state index < -0.39 is 0 Å². The molecule has 3 N–H and O–H groups in total. The second-order valence-corrected chi connectivity index (χ2v) is 7.76. The molecule has 0 radical (unpaired) electrons. The molecular formula is C24H34FIN6O. The number of hydrogen-bond acceptors (Lipinski definition) is 4. The summed E-state index contributed by atoms with van der Waals surface area (Å²) in [6.45, 7) is 6.31. The van der Waals surface area contributed by atoms with Gasteiger partial charge in [0.25, 0.3) is 5.91 Å². The minimum atomic E-state index is -0.196. The summed E-state index contributed by atoms with van der Waals surface area (Å²) in [5.41, 5.74) is 2.86. The maximum absolute atomic E-state index is 13.1. The zero-order valence-corrected chi connectivity index (χ0v) is 21.6. The van der Waals surface area contributed by atoms with Gasteiger partial charge in [-0.15, -0.1) is 24.0 Å². The Morgan fingerprint density at radius 2 is 1.73 bits per heavy atom. The van der Waals surface area contributed by atoms with Crippen LogP contribution in [-0.2, 0) is 6.42 Å². The zero-order chi connectivity index (χ0) is 22.8. The summed E-state index contributed by atoms with van der Waals surface area (Å²) in [6, 6.07) is 14.4. The molecule has 180 valence electrons. The molecule has 9 heteroatoms. The normalized spacial score (nSPS) is 14.4. The lowest BCUT2D eigenvalue weighted by Crippen LogP contribution is -2.49. The molecule has 1 saturated heterocycles. The zero-order valence-electron chi connectivity index (χ0n) is 19.3. The minimum Gasteiger partial charge on any atom is -0.369 e. The first-order valence-electron chi connectivity index (χ1n) is 11.1. The van der Waals surface area contributed by atoms with Crippen LogP contribution in [0.5, 0.6) is 0 Å². The topological polar surface area (TPSA) is 72.0 Å². The van der Waals surface area contributed by atoms with Crippen molar-refractivity contribution in [2.45, 2.75) is 6.42 Å². The minimum absolute atomic E-state index is 0. The summed E-state index contributed by atoms with van der Waals surface area (Å²) in [7, 11) is 3.40. The van der Waals surface area contributed by atoms with Crippen molar-refractivity contribution < 1.29 is 9.18 Å². The fraction of sp³-hybridized carbons (Fsp3) is 0.417. The first-order valence-corrected chi connectivity index (χ1v) is 11.1. The number of carbonyl (C=O) groups is 1. The molecule has 2 aromatic rings. The summed E-state index contributed by atoms with van der Waals surface area (Å²) in [5, 5.41) is 9.35. The molecule has 0 aliphatic carbocycles. The van der Waals surface area contributed by atoms with Crippen molar-refractivity contribution in [1.82, 2.24) is 20.9 Å². The van der Waals surface area contributed by atoms with Gasteiger partial charge in [0, 0.05) is 71.2 Å². The molecule has 33 heavy (non-hydrogen) atoms. The smallest absolute Gasteiger partial charge is 0.251 e. The third kappa shape index (κ3) is 8.47. The van der Waals surface area contributed by atoms with Crippen molar-refractivity contribution in [3.05, 3.63) is 65.5 Å². The van der Waals surface area contributed by atoms with Gasteiger partial charge in [-0.3, -0.25) is 14.7 Å². The maximum atomic E-state index is 13.1. The van der Waals surface area contributed by atoms with E-state index in [9.17, 15) is 9.18 Å².